The number of piperidine rings is 1. The number of thiophene rings is 1. The first kappa shape index (κ1) is 24.1. The van der Waals surface area contributed by atoms with Gasteiger partial charge in [0.2, 0.25) is 5.91 Å². The van der Waals surface area contributed by atoms with E-state index in [1.807, 2.05) is 0 Å². The van der Waals surface area contributed by atoms with Gasteiger partial charge in [0.25, 0.3) is 10.0 Å². The van der Waals surface area contributed by atoms with Gasteiger partial charge in [-0.2, -0.15) is 4.31 Å². The van der Waals surface area contributed by atoms with E-state index in [9.17, 15) is 21.6 Å². The lowest BCUT2D eigenvalue weighted by atomic mass is 9.74. The summed E-state index contributed by atoms with van der Waals surface area (Å²) in [5, 5.41) is 0. The van der Waals surface area contributed by atoms with Crippen molar-refractivity contribution in [1.82, 2.24) is 9.21 Å². The molecule has 0 bridgehead atoms. The molecular formula is C21H33N3O5S3. The second-order valence-electron chi connectivity index (χ2n) is 9.31. The molecule has 3 heterocycles. The summed E-state index contributed by atoms with van der Waals surface area (Å²) in [6.07, 6.45) is 6.36. The summed E-state index contributed by atoms with van der Waals surface area (Å²) in [6, 6.07) is 3.36. The van der Waals surface area contributed by atoms with Gasteiger partial charge in [-0.1, -0.05) is 32.1 Å². The largest absolute Gasteiger partial charge is 0.340 e. The van der Waals surface area contributed by atoms with E-state index in [-0.39, 0.29) is 47.2 Å². The van der Waals surface area contributed by atoms with Crippen LogP contribution in [0.25, 0.3) is 0 Å². The van der Waals surface area contributed by atoms with E-state index >= 15 is 0 Å². The van der Waals surface area contributed by atoms with Gasteiger partial charge < -0.3 is 10.6 Å². The summed E-state index contributed by atoms with van der Waals surface area (Å²) in [4.78, 5) is 15.8. The Morgan fingerprint density at radius 2 is 1.75 bits per heavy atom. The van der Waals surface area contributed by atoms with Crippen LogP contribution in [-0.4, -0.2) is 69.6 Å². The van der Waals surface area contributed by atoms with Crippen molar-refractivity contribution in [3.8, 4) is 0 Å². The Kier molecular flexibility index (Phi) is 7.31. The first-order valence-corrected chi connectivity index (χ1v) is 15.6. The molecular weight excluding hydrogens is 470 g/mol. The molecule has 1 saturated carbocycles. The molecule has 3 fully saturated rings. The molecule has 0 spiro atoms. The van der Waals surface area contributed by atoms with Crippen LogP contribution in [0.4, 0.5) is 0 Å². The number of hydrogen-bond donors (Lipinski definition) is 1. The van der Waals surface area contributed by atoms with Crippen LogP contribution in [0.5, 0.6) is 0 Å². The fourth-order valence-electron chi connectivity index (χ4n) is 5.34. The van der Waals surface area contributed by atoms with E-state index in [0.29, 0.717) is 25.4 Å². The van der Waals surface area contributed by atoms with Gasteiger partial charge >= 0.3 is 0 Å². The number of rotatable bonds is 5. The molecule has 2 atom stereocenters. The Hall–Kier alpha value is -1.01. The quantitative estimate of drug-likeness (QED) is 0.653. The number of nitrogens with zero attached hydrogens (tertiary/aromatic N) is 2. The van der Waals surface area contributed by atoms with Crippen molar-refractivity contribution >= 4 is 37.1 Å². The summed E-state index contributed by atoms with van der Waals surface area (Å²) in [6.45, 7) is 1.29. The SMILES string of the molecule is NCc1ccc(S(=O)(=O)N2C[C@@H](C(=O)N3CCS(=O)(=O)CC3)C[C@H](C3CCCCC3)C2)s1. The van der Waals surface area contributed by atoms with Crippen LogP contribution in [0.3, 0.4) is 0 Å². The molecule has 11 heteroatoms. The highest BCUT2D eigenvalue weighted by Gasteiger charge is 2.42. The zero-order valence-corrected chi connectivity index (χ0v) is 20.8. The van der Waals surface area contributed by atoms with Crippen molar-refractivity contribution in [2.24, 2.45) is 23.5 Å². The van der Waals surface area contributed by atoms with Crippen molar-refractivity contribution in [3.63, 3.8) is 0 Å². The monoisotopic (exact) mass is 503 g/mol. The van der Waals surface area contributed by atoms with Crippen LogP contribution in [0, 0.1) is 17.8 Å². The van der Waals surface area contributed by atoms with Crippen LogP contribution in [0.1, 0.15) is 43.4 Å². The van der Waals surface area contributed by atoms with E-state index in [0.717, 1.165) is 30.6 Å². The summed E-state index contributed by atoms with van der Waals surface area (Å²) in [7, 11) is -6.80. The maximum Gasteiger partial charge on any atom is 0.252 e. The fourth-order valence-corrected chi connectivity index (χ4v) is 9.48. The molecule has 1 aromatic rings. The molecule has 2 aliphatic heterocycles. The average Bonchev–Trinajstić information content (AvgIpc) is 3.29. The summed E-state index contributed by atoms with van der Waals surface area (Å²) >= 11 is 1.19. The van der Waals surface area contributed by atoms with Gasteiger partial charge in [-0.05, 0) is 30.4 Å². The Labute approximate surface area is 195 Å². The number of carbonyl (C=O) groups excluding carboxylic acids is 1. The standard InChI is InChI=1S/C21H33N3O5S3/c22-13-19-6-7-20(30-19)32(28,29)24-14-17(16-4-2-1-3-5-16)12-18(15-24)21(25)23-8-10-31(26,27)11-9-23/h6-7,16-18H,1-5,8-15,22H2/t17-,18-/m0/s1. The maximum atomic E-state index is 13.5. The zero-order chi connectivity index (χ0) is 22.9. The lowest BCUT2D eigenvalue weighted by molar-refractivity contribution is -0.137. The van der Waals surface area contributed by atoms with E-state index < -0.39 is 25.8 Å². The predicted molar refractivity (Wildman–Crippen MR) is 124 cm³/mol. The molecule has 2 N–H and O–H groups in total. The summed E-state index contributed by atoms with van der Waals surface area (Å²) in [5.74, 6) is 0.0132. The van der Waals surface area contributed by atoms with Gasteiger partial charge in [0.15, 0.2) is 9.84 Å². The number of nitrogens with two attached hydrogens (primary N) is 1. The second-order valence-corrected chi connectivity index (χ2v) is 15.0. The molecule has 32 heavy (non-hydrogen) atoms. The average molecular weight is 504 g/mol. The van der Waals surface area contributed by atoms with Gasteiger partial charge in [0.05, 0.1) is 17.4 Å². The zero-order valence-electron chi connectivity index (χ0n) is 18.3. The highest BCUT2D eigenvalue weighted by Crippen LogP contribution is 2.39. The van der Waals surface area contributed by atoms with Gasteiger partial charge in [0, 0.05) is 37.6 Å². The van der Waals surface area contributed by atoms with Gasteiger partial charge in [-0.15, -0.1) is 11.3 Å². The molecule has 0 unspecified atom stereocenters. The van der Waals surface area contributed by atoms with Gasteiger partial charge in [0.1, 0.15) is 4.21 Å². The molecule has 1 aromatic heterocycles. The third-order valence-electron chi connectivity index (χ3n) is 7.20. The normalized spacial score (nSPS) is 28.0. The van der Waals surface area contributed by atoms with Gasteiger partial charge in [-0.3, -0.25) is 4.79 Å². The first-order chi connectivity index (χ1) is 15.2. The van der Waals surface area contributed by atoms with Crippen LogP contribution >= 0.6 is 11.3 Å². The summed E-state index contributed by atoms with van der Waals surface area (Å²) in [5.41, 5.74) is 5.68. The van der Waals surface area contributed by atoms with Crippen molar-refractivity contribution in [1.29, 1.82) is 0 Å². The van der Waals surface area contributed by atoms with Crippen LogP contribution < -0.4 is 5.73 Å². The minimum Gasteiger partial charge on any atom is -0.340 e. The molecule has 1 aliphatic carbocycles. The Morgan fingerprint density at radius 1 is 1.06 bits per heavy atom. The van der Waals surface area contributed by atoms with E-state index in [4.69, 9.17) is 5.73 Å². The first-order valence-electron chi connectivity index (χ1n) is 11.5. The number of carbonyl (C=O) groups is 1. The molecule has 2 saturated heterocycles. The predicted octanol–water partition coefficient (Wildman–Crippen LogP) is 1.67. The lowest BCUT2D eigenvalue weighted by Crippen LogP contribution is -2.53. The van der Waals surface area contributed by atoms with Crippen molar-refractivity contribution in [2.45, 2.75) is 49.3 Å². The number of amides is 1. The molecule has 1 amide bonds. The molecule has 180 valence electrons. The van der Waals surface area contributed by atoms with E-state index in [1.165, 1.54) is 22.1 Å². The third-order valence-corrected chi connectivity index (χ3v) is 12.2. The third kappa shape index (κ3) is 5.22. The highest BCUT2D eigenvalue weighted by molar-refractivity contribution is 7.91. The molecule has 4 rings (SSSR count). The topological polar surface area (TPSA) is 118 Å². The van der Waals surface area contributed by atoms with Crippen LogP contribution in [0.2, 0.25) is 0 Å². The molecule has 0 radical (unpaired) electrons. The fraction of sp³-hybridized carbons (Fsp3) is 0.762. The highest BCUT2D eigenvalue weighted by atomic mass is 32.2. The Bertz CT molecular complexity index is 1020. The second kappa shape index (κ2) is 9.69. The molecule has 3 aliphatic rings. The maximum absolute atomic E-state index is 13.5. The molecule has 8 nitrogen and oxygen atoms in total. The minimum atomic E-state index is -3.71. The minimum absolute atomic E-state index is 0.0173. The van der Waals surface area contributed by atoms with Crippen LogP contribution in [0.15, 0.2) is 16.3 Å². The molecule has 0 aromatic carbocycles. The van der Waals surface area contributed by atoms with Crippen LogP contribution in [-0.2, 0) is 31.2 Å². The lowest BCUT2D eigenvalue weighted by Gasteiger charge is -2.42. The summed E-state index contributed by atoms with van der Waals surface area (Å²) < 4.78 is 52.3. The van der Waals surface area contributed by atoms with E-state index in [1.54, 1.807) is 17.0 Å². The van der Waals surface area contributed by atoms with Crippen molar-refractivity contribution in [3.05, 3.63) is 17.0 Å². The number of hydrogen-bond acceptors (Lipinski definition) is 7. The van der Waals surface area contributed by atoms with Crippen molar-refractivity contribution < 1.29 is 21.6 Å². The number of sulfone groups is 1. The number of sulfonamides is 1. The Morgan fingerprint density at radius 3 is 2.38 bits per heavy atom. The van der Waals surface area contributed by atoms with E-state index in [2.05, 4.69) is 0 Å². The smallest absolute Gasteiger partial charge is 0.252 e. The van der Waals surface area contributed by atoms with Crippen molar-refractivity contribution in [2.75, 3.05) is 37.7 Å². The van der Waals surface area contributed by atoms with Gasteiger partial charge in [-0.25, -0.2) is 16.8 Å². The Balaban J connectivity index is 1.56.